The standard InChI is InChI=1S/C25H13NO2S2/c29-23-17-10-15-8-4-5-9-16(15)11-18(17)24(30)19(23)12-22-26-25-21(27-22)13-20(28-25)14-6-2-1-3-7-14/h1-13H. The normalized spacial score (nSPS) is 13.4. The summed E-state index contributed by atoms with van der Waals surface area (Å²) in [5.74, 6) is 1.16. The van der Waals surface area contributed by atoms with E-state index >= 15 is 0 Å². The molecule has 30 heavy (non-hydrogen) atoms. The highest BCUT2D eigenvalue weighted by atomic mass is 32.1. The maximum absolute atomic E-state index is 5.90. The molecule has 1 aliphatic carbocycles. The SMILES string of the molecule is S=C1C(=Cc2nc3oc(-c4ccccc4)cc3o2)C(=S)c2cc3ccccc3cc21. The highest BCUT2D eigenvalue weighted by Gasteiger charge is 2.28. The Balaban J connectivity index is 1.39. The predicted molar refractivity (Wildman–Crippen MR) is 127 cm³/mol. The van der Waals surface area contributed by atoms with Gasteiger partial charge in [0.05, 0.1) is 9.73 Å². The molecule has 0 amide bonds. The van der Waals surface area contributed by atoms with Gasteiger partial charge in [0.15, 0.2) is 5.58 Å². The van der Waals surface area contributed by atoms with Crippen LogP contribution in [-0.2, 0) is 0 Å². The molecule has 0 spiro atoms. The Kier molecular flexibility index (Phi) is 3.81. The van der Waals surface area contributed by atoms with Crippen LogP contribution in [0.2, 0.25) is 0 Å². The molecule has 0 unspecified atom stereocenters. The minimum atomic E-state index is 0.431. The lowest BCUT2D eigenvalue weighted by Crippen LogP contribution is -1.97. The summed E-state index contributed by atoms with van der Waals surface area (Å²) in [4.78, 5) is 5.93. The van der Waals surface area contributed by atoms with Gasteiger partial charge in [-0.25, -0.2) is 0 Å². The van der Waals surface area contributed by atoms with E-state index in [0.29, 0.717) is 17.2 Å². The van der Waals surface area contributed by atoms with Crippen molar-refractivity contribution >= 4 is 62.3 Å². The largest absolute Gasteiger partial charge is 0.435 e. The third kappa shape index (κ3) is 2.67. The van der Waals surface area contributed by atoms with Crippen LogP contribution < -0.4 is 0 Å². The maximum Gasteiger partial charge on any atom is 0.266 e. The zero-order valence-electron chi connectivity index (χ0n) is 15.6. The molecule has 0 radical (unpaired) electrons. The number of nitrogens with zero attached hydrogens (tertiary/aromatic N) is 1. The first-order chi connectivity index (χ1) is 14.7. The molecule has 0 N–H and O–H groups in total. The van der Waals surface area contributed by atoms with Crippen molar-refractivity contribution in [2.75, 3.05) is 0 Å². The van der Waals surface area contributed by atoms with Crippen LogP contribution in [0.3, 0.4) is 0 Å². The lowest BCUT2D eigenvalue weighted by molar-refractivity contribution is 0.588. The molecule has 0 atom stereocenters. The Morgan fingerprint density at radius 1 is 0.733 bits per heavy atom. The first-order valence-electron chi connectivity index (χ1n) is 9.47. The van der Waals surface area contributed by atoms with Crippen molar-refractivity contribution in [2.24, 2.45) is 0 Å². The van der Waals surface area contributed by atoms with Gasteiger partial charge in [-0.05, 0) is 22.9 Å². The Morgan fingerprint density at radius 2 is 1.37 bits per heavy atom. The fraction of sp³-hybridized carbons (Fsp3) is 0. The van der Waals surface area contributed by atoms with Crippen molar-refractivity contribution < 1.29 is 8.83 Å². The van der Waals surface area contributed by atoms with Gasteiger partial charge in [-0.3, -0.25) is 0 Å². The van der Waals surface area contributed by atoms with E-state index in [1.807, 2.05) is 54.6 Å². The molecular weight excluding hydrogens is 410 g/mol. The van der Waals surface area contributed by atoms with Gasteiger partial charge in [-0.15, -0.1) is 0 Å². The second kappa shape index (κ2) is 6.55. The molecule has 0 saturated heterocycles. The number of fused-ring (bicyclic) bond motifs is 3. The fourth-order valence-corrected chi connectivity index (χ4v) is 4.55. The van der Waals surface area contributed by atoms with Crippen LogP contribution in [0.5, 0.6) is 0 Å². The number of benzene rings is 3. The highest BCUT2D eigenvalue weighted by molar-refractivity contribution is 7.84. The highest BCUT2D eigenvalue weighted by Crippen LogP contribution is 2.34. The van der Waals surface area contributed by atoms with Crippen LogP contribution in [0.4, 0.5) is 0 Å². The van der Waals surface area contributed by atoms with Crippen molar-refractivity contribution in [1.82, 2.24) is 4.98 Å². The first kappa shape index (κ1) is 17.4. The second-order valence-corrected chi connectivity index (χ2v) is 7.98. The summed E-state index contributed by atoms with van der Waals surface area (Å²) < 4.78 is 11.8. The second-order valence-electron chi connectivity index (χ2n) is 7.16. The van der Waals surface area contributed by atoms with E-state index in [1.54, 1.807) is 0 Å². The topological polar surface area (TPSA) is 39.2 Å². The molecule has 0 aliphatic heterocycles. The fourth-order valence-electron chi connectivity index (χ4n) is 3.82. The van der Waals surface area contributed by atoms with E-state index in [9.17, 15) is 0 Å². The molecule has 0 bridgehead atoms. The maximum atomic E-state index is 5.90. The van der Waals surface area contributed by atoms with Crippen LogP contribution in [0.25, 0.3) is 39.5 Å². The Hall–Kier alpha value is -3.41. The van der Waals surface area contributed by atoms with Gasteiger partial charge in [0.2, 0.25) is 5.89 Å². The van der Waals surface area contributed by atoms with Crippen molar-refractivity contribution in [2.45, 2.75) is 0 Å². The molecule has 1 aliphatic rings. The lowest BCUT2D eigenvalue weighted by atomic mass is 10.0. The predicted octanol–water partition coefficient (Wildman–Crippen LogP) is 6.77. The van der Waals surface area contributed by atoms with Gasteiger partial charge < -0.3 is 8.83 Å². The molecule has 3 aromatic carbocycles. The van der Waals surface area contributed by atoms with E-state index < -0.39 is 0 Å². The Bertz CT molecular complexity index is 1440. The molecular formula is C25H13NO2S2. The minimum Gasteiger partial charge on any atom is -0.435 e. The third-order valence-corrected chi connectivity index (χ3v) is 6.18. The van der Waals surface area contributed by atoms with Gasteiger partial charge in [-0.2, -0.15) is 4.98 Å². The number of furan rings is 1. The quantitative estimate of drug-likeness (QED) is 0.231. The molecule has 2 aromatic heterocycles. The molecule has 0 saturated carbocycles. The molecule has 5 heteroatoms. The summed E-state index contributed by atoms with van der Waals surface area (Å²) in [5, 5.41) is 2.29. The smallest absolute Gasteiger partial charge is 0.266 e. The molecule has 142 valence electrons. The average Bonchev–Trinajstić information content (AvgIpc) is 3.41. The lowest BCUT2D eigenvalue weighted by Gasteiger charge is -2.02. The summed E-state index contributed by atoms with van der Waals surface area (Å²) in [6.07, 6.45) is 1.81. The van der Waals surface area contributed by atoms with Gasteiger partial charge in [0.25, 0.3) is 5.71 Å². The van der Waals surface area contributed by atoms with Crippen LogP contribution in [0, 0.1) is 0 Å². The van der Waals surface area contributed by atoms with Crippen LogP contribution in [-0.4, -0.2) is 14.7 Å². The zero-order valence-corrected chi connectivity index (χ0v) is 17.2. The number of aromatic nitrogens is 1. The Labute approximate surface area is 182 Å². The molecule has 6 rings (SSSR count). The molecule has 5 aromatic rings. The van der Waals surface area contributed by atoms with Crippen LogP contribution in [0.15, 0.2) is 87.2 Å². The molecule has 3 nitrogen and oxygen atoms in total. The molecule has 2 heterocycles. The van der Waals surface area contributed by atoms with Crippen molar-refractivity contribution in [3.8, 4) is 11.3 Å². The van der Waals surface area contributed by atoms with E-state index in [-0.39, 0.29) is 0 Å². The van der Waals surface area contributed by atoms with Gasteiger partial charge in [-0.1, -0.05) is 79.0 Å². The molecule has 0 fully saturated rings. The summed E-state index contributed by atoms with van der Waals surface area (Å²) in [5.41, 5.74) is 4.80. The van der Waals surface area contributed by atoms with Gasteiger partial charge >= 0.3 is 0 Å². The van der Waals surface area contributed by atoms with E-state index in [1.165, 1.54) is 0 Å². The van der Waals surface area contributed by atoms with E-state index in [4.69, 9.17) is 33.3 Å². The third-order valence-electron chi connectivity index (χ3n) is 5.30. The first-order valence-corrected chi connectivity index (χ1v) is 10.3. The Morgan fingerprint density at radius 3 is 2.00 bits per heavy atom. The average molecular weight is 424 g/mol. The number of hydrogen-bond donors (Lipinski definition) is 0. The van der Waals surface area contributed by atoms with E-state index in [0.717, 1.165) is 48.5 Å². The number of thiocarbonyl (C=S) groups is 2. The van der Waals surface area contributed by atoms with Crippen LogP contribution in [0.1, 0.15) is 17.0 Å². The van der Waals surface area contributed by atoms with Crippen molar-refractivity contribution in [3.63, 3.8) is 0 Å². The van der Waals surface area contributed by atoms with Gasteiger partial charge in [0.1, 0.15) is 5.76 Å². The number of rotatable bonds is 2. The number of allylic oxidation sites excluding steroid dienone is 1. The van der Waals surface area contributed by atoms with Crippen LogP contribution >= 0.6 is 24.4 Å². The number of hydrogen-bond acceptors (Lipinski definition) is 5. The van der Waals surface area contributed by atoms with Crippen molar-refractivity contribution in [3.05, 3.63) is 95.4 Å². The summed E-state index contributed by atoms with van der Waals surface area (Å²) in [6.45, 7) is 0. The van der Waals surface area contributed by atoms with E-state index in [2.05, 4.69) is 29.2 Å². The van der Waals surface area contributed by atoms with Gasteiger partial charge in [0, 0.05) is 34.4 Å². The zero-order chi connectivity index (χ0) is 20.2. The van der Waals surface area contributed by atoms with Crippen molar-refractivity contribution in [1.29, 1.82) is 0 Å². The monoisotopic (exact) mass is 423 g/mol. The summed E-state index contributed by atoms with van der Waals surface area (Å²) in [6, 6.07) is 24.1. The summed E-state index contributed by atoms with van der Waals surface area (Å²) >= 11 is 11.5. The minimum absolute atomic E-state index is 0.431. The number of oxazole rings is 1. The summed E-state index contributed by atoms with van der Waals surface area (Å²) in [7, 11) is 0.